The first-order chi connectivity index (χ1) is 13.1. The molecular formula is C21H20N4O2. The lowest BCUT2D eigenvalue weighted by Gasteiger charge is -2.26. The largest absolute Gasteiger partial charge is 0.361 e. The van der Waals surface area contributed by atoms with Gasteiger partial charge in [-0.3, -0.25) is 4.79 Å². The van der Waals surface area contributed by atoms with E-state index in [1.165, 1.54) is 16.5 Å². The number of benzene rings is 2. The van der Waals surface area contributed by atoms with Crippen molar-refractivity contribution in [3.63, 3.8) is 0 Å². The smallest absolute Gasteiger partial charge is 0.316 e. The van der Waals surface area contributed by atoms with E-state index in [1.807, 2.05) is 23.2 Å². The molecule has 0 unspecified atom stereocenters. The van der Waals surface area contributed by atoms with E-state index in [4.69, 9.17) is 5.73 Å². The van der Waals surface area contributed by atoms with Crippen molar-refractivity contribution in [2.45, 2.75) is 6.42 Å². The van der Waals surface area contributed by atoms with Crippen LogP contribution in [0.15, 0.2) is 60.8 Å². The van der Waals surface area contributed by atoms with Crippen molar-refractivity contribution < 1.29 is 9.59 Å². The third-order valence-corrected chi connectivity index (χ3v) is 4.81. The fraction of sp³-hybridized carbons (Fsp3) is 0.143. The molecule has 0 saturated heterocycles. The summed E-state index contributed by atoms with van der Waals surface area (Å²) < 4.78 is 0. The summed E-state index contributed by atoms with van der Waals surface area (Å²) in [5.74, 6) is -0.0580. The van der Waals surface area contributed by atoms with E-state index in [9.17, 15) is 9.59 Å². The number of anilines is 1. The van der Waals surface area contributed by atoms with Gasteiger partial charge in [-0.15, -0.1) is 0 Å². The van der Waals surface area contributed by atoms with Gasteiger partial charge in [0.15, 0.2) is 0 Å². The molecule has 3 amide bonds. The molecule has 1 aromatic heterocycles. The van der Waals surface area contributed by atoms with Crippen LogP contribution in [0.1, 0.15) is 22.3 Å². The van der Waals surface area contributed by atoms with Crippen molar-refractivity contribution in [2.24, 2.45) is 5.73 Å². The molecule has 0 atom stereocenters. The number of nitrogens with two attached hydrogens (primary N) is 1. The number of carbonyl (C=O) groups excluding carboxylic acids is 2. The predicted octanol–water partition coefficient (Wildman–Crippen LogP) is 3.59. The predicted molar refractivity (Wildman–Crippen MR) is 106 cm³/mol. The molecule has 0 bridgehead atoms. The lowest BCUT2D eigenvalue weighted by molar-refractivity contribution is 0.0773. The highest BCUT2D eigenvalue weighted by Gasteiger charge is 2.20. The number of H-pyrrole nitrogens is 1. The second-order valence-corrected chi connectivity index (χ2v) is 6.55. The van der Waals surface area contributed by atoms with E-state index >= 15 is 0 Å². The molecule has 1 aliphatic rings. The number of aromatic amines is 1. The van der Waals surface area contributed by atoms with Crippen LogP contribution in [-0.2, 0) is 0 Å². The van der Waals surface area contributed by atoms with Crippen LogP contribution < -0.4 is 11.1 Å². The first-order valence-corrected chi connectivity index (χ1v) is 8.83. The van der Waals surface area contributed by atoms with Crippen LogP contribution in [0.25, 0.3) is 16.5 Å². The molecule has 2 aromatic carbocycles. The summed E-state index contributed by atoms with van der Waals surface area (Å²) in [4.78, 5) is 28.9. The molecule has 4 N–H and O–H groups in total. The standard InChI is InChI=1S/C21H20N4O2/c22-21(27)24-16-5-3-4-15(12-16)20(26)25-10-8-14(9-11-25)18-13-23-19-7-2-1-6-17(18)19/h1-8,12-13,23H,9-11H2,(H3,22,24,27). The van der Waals surface area contributed by atoms with E-state index in [2.05, 4.69) is 28.5 Å². The van der Waals surface area contributed by atoms with Crippen LogP contribution in [0.5, 0.6) is 0 Å². The summed E-state index contributed by atoms with van der Waals surface area (Å²) in [5, 5.41) is 3.70. The minimum Gasteiger partial charge on any atom is -0.361 e. The molecule has 27 heavy (non-hydrogen) atoms. The number of nitrogens with zero attached hydrogens (tertiary/aromatic N) is 1. The van der Waals surface area contributed by atoms with Crippen molar-refractivity contribution >= 4 is 34.1 Å². The van der Waals surface area contributed by atoms with Gasteiger partial charge in [-0.05, 0) is 36.3 Å². The highest BCUT2D eigenvalue weighted by Crippen LogP contribution is 2.29. The summed E-state index contributed by atoms with van der Waals surface area (Å²) >= 11 is 0. The number of amides is 3. The van der Waals surface area contributed by atoms with E-state index in [-0.39, 0.29) is 5.91 Å². The molecular weight excluding hydrogens is 340 g/mol. The molecule has 0 saturated carbocycles. The number of nitrogens with one attached hydrogen (secondary N) is 2. The molecule has 136 valence electrons. The zero-order chi connectivity index (χ0) is 18.8. The average molecular weight is 360 g/mol. The van der Waals surface area contributed by atoms with Gasteiger partial charge < -0.3 is 20.9 Å². The summed E-state index contributed by atoms with van der Waals surface area (Å²) in [6.07, 6.45) is 4.95. The Morgan fingerprint density at radius 1 is 1.11 bits per heavy atom. The van der Waals surface area contributed by atoms with Gasteiger partial charge in [0.05, 0.1) is 0 Å². The maximum absolute atomic E-state index is 12.8. The molecule has 1 aliphatic heterocycles. The maximum Gasteiger partial charge on any atom is 0.316 e. The molecule has 2 heterocycles. The Bertz CT molecular complexity index is 1050. The third kappa shape index (κ3) is 3.42. The number of para-hydroxylation sites is 1. The molecule has 0 fully saturated rings. The minimum atomic E-state index is -0.649. The number of carbonyl (C=O) groups is 2. The number of urea groups is 1. The number of primary amides is 1. The van der Waals surface area contributed by atoms with Gasteiger partial charge >= 0.3 is 6.03 Å². The fourth-order valence-corrected chi connectivity index (χ4v) is 3.49. The number of rotatable bonds is 3. The van der Waals surface area contributed by atoms with E-state index in [1.54, 1.807) is 24.3 Å². The van der Waals surface area contributed by atoms with Gasteiger partial charge in [0.25, 0.3) is 5.91 Å². The van der Waals surface area contributed by atoms with Crippen molar-refractivity contribution in [3.8, 4) is 0 Å². The lowest BCUT2D eigenvalue weighted by Crippen LogP contribution is -2.34. The van der Waals surface area contributed by atoms with Gasteiger partial charge in [-0.1, -0.05) is 30.3 Å². The quantitative estimate of drug-likeness (QED) is 0.666. The molecule has 4 rings (SSSR count). The van der Waals surface area contributed by atoms with Gasteiger partial charge in [-0.2, -0.15) is 0 Å². The summed E-state index contributed by atoms with van der Waals surface area (Å²) in [5.41, 5.74) is 9.75. The molecule has 6 nitrogen and oxygen atoms in total. The van der Waals surface area contributed by atoms with E-state index in [0.29, 0.717) is 24.3 Å². The summed E-state index contributed by atoms with van der Waals surface area (Å²) in [6, 6.07) is 14.4. The molecule has 3 aromatic rings. The van der Waals surface area contributed by atoms with Crippen molar-refractivity contribution in [3.05, 3.63) is 71.9 Å². The number of hydrogen-bond acceptors (Lipinski definition) is 2. The second-order valence-electron chi connectivity index (χ2n) is 6.55. The zero-order valence-corrected chi connectivity index (χ0v) is 14.7. The van der Waals surface area contributed by atoms with Crippen LogP contribution in [-0.4, -0.2) is 34.9 Å². The van der Waals surface area contributed by atoms with Gasteiger partial charge in [0.2, 0.25) is 0 Å². The Kier molecular flexibility index (Phi) is 4.38. The van der Waals surface area contributed by atoms with Crippen LogP contribution in [0, 0.1) is 0 Å². The minimum absolute atomic E-state index is 0.0580. The summed E-state index contributed by atoms with van der Waals surface area (Å²) in [6.45, 7) is 1.21. The highest BCUT2D eigenvalue weighted by molar-refractivity contribution is 5.98. The highest BCUT2D eigenvalue weighted by atomic mass is 16.2. The van der Waals surface area contributed by atoms with E-state index < -0.39 is 6.03 Å². The monoisotopic (exact) mass is 360 g/mol. The molecule has 6 heteroatoms. The first kappa shape index (κ1) is 16.9. The van der Waals surface area contributed by atoms with Gasteiger partial charge in [-0.25, -0.2) is 4.79 Å². The molecule has 0 radical (unpaired) electrons. The number of aromatic nitrogens is 1. The van der Waals surface area contributed by atoms with Gasteiger partial charge in [0, 0.05) is 47.0 Å². The molecule has 0 aliphatic carbocycles. The number of hydrogen-bond donors (Lipinski definition) is 3. The number of fused-ring (bicyclic) bond motifs is 1. The van der Waals surface area contributed by atoms with Crippen molar-refractivity contribution in [1.29, 1.82) is 0 Å². The van der Waals surface area contributed by atoms with Crippen LogP contribution >= 0.6 is 0 Å². The Morgan fingerprint density at radius 2 is 1.96 bits per heavy atom. The molecule has 0 spiro atoms. The zero-order valence-electron chi connectivity index (χ0n) is 14.7. The lowest BCUT2D eigenvalue weighted by atomic mass is 9.98. The van der Waals surface area contributed by atoms with Crippen molar-refractivity contribution in [2.75, 3.05) is 18.4 Å². The first-order valence-electron chi connectivity index (χ1n) is 8.83. The van der Waals surface area contributed by atoms with Gasteiger partial charge in [0.1, 0.15) is 0 Å². The van der Waals surface area contributed by atoms with Crippen molar-refractivity contribution in [1.82, 2.24) is 9.88 Å². The Hall–Kier alpha value is -3.54. The van der Waals surface area contributed by atoms with E-state index in [0.717, 1.165) is 11.9 Å². The average Bonchev–Trinajstić information content (AvgIpc) is 3.11. The van der Waals surface area contributed by atoms with Crippen LogP contribution in [0.2, 0.25) is 0 Å². The second kappa shape index (κ2) is 6.99. The Labute approximate surface area is 156 Å². The SMILES string of the molecule is NC(=O)Nc1cccc(C(=O)N2CC=C(c3c[nH]c4ccccc34)CC2)c1. The topological polar surface area (TPSA) is 91.2 Å². The maximum atomic E-state index is 12.8. The normalized spacial score (nSPS) is 14.1. The Balaban J connectivity index is 1.51. The Morgan fingerprint density at radius 3 is 2.74 bits per heavy atom. The third-order valence-electron chi connectivity index (χ3n) is 4.81. The van der Waals surface area contributed by atoms with Crippen LogP contribution in [0.3, 0.4) is 0 Å². The fourth-order valence-electron chi connectivity index (χ4n) is 3.49. The van der Waals surface area contributed by atoms with Crippen LogP contribution in [0.4, 0.5) is 10.5 Å². The summed E-state index contributed by atoms with van der Waals surface area (Å²) in [7, 11) is 0.